The van der Waals surface area contributed by atoms with Gasteiger partial charge in [0.1, 0.15) is 5.82 Å². The summed E-state index contributed by atoms with van der Waals surface area (Å²) in [7, 11) is 0. The largest absolute Gasteiger partial charge is 0.332 e. The minimum atomic E-state index is 0.539. The molecule has 0 aliphatic heterocycles. The molecular formula is C10H20N2. The third kappa shape index (κ3) is 2.68. The molecule has 0 aliphatic carbocycles. The van der Waals surface area contributed by atoms with E-state index in [1.54, 1.807) is 0 Å². The van der Waals surface area contributed by atoms with Crippen LogP contribution in [0.3, 0.4) is 0 Å². The van der Waals surface area contributed by atoms with Crippen LogP contribution >= 0.6 is 0 Å². The predicted molar refractivity (Wildman–Crippen MR) is 53.3 cm³/mol. The lowest BCUT2D eigenvalue weighted by atomic mass is 10.3. The second-order valence-corrected chi connectivity index (χ2v) is 2.70. The molecule has 2 nitrogen and oxygen atoms in total. The van der Waals surface area contributed by atoms with Gasteiger partial charge in [-0.05, 0) is 13.8 Å². The van der Waals surface area contributed by atoms with E-state index >= 15 is 0 Å². The Balaban J connectivity index is 0.000000561. The Bertz CT molecular complexity index is 201. The second-order valence-electron chi connectivity index (χ2n) is 2.70. The molecule has 1 aromatic rings. The van der Waals surface area contributed by atoms with Crippen LogP contribution in [-0.2, 0) is 6.42 Å². The van der Waals surface area contributed by atoms with Crippen molar-refractivity contribution >= 4 is 0 Å². The third-order valence-electron chi connectivity index (χ3n) is 1.62. The maximum Gasteiger partial charge on any atom is 0.108 e. The van der Waals surface area contributed by atoms with E-state index in [1.165, 1.54) is 5.82 Å². The molecule has 0 spiro atoms. The molecule has 0 saturated carbocycles. The van der Waals surface area contributed by atoms with Crippen LogP contribution in [0.25, 0.3) is 0 Å². The summed E-state index contributed by atoms with van der Waals surface area (Å²) in [6.45, 7) is 10.5. The lowest BCUT2D eigenvalue weighted by Crippen LogP contribution is -2.03. The molecule has 0 unspecified atom stereocenters. The summed E-state index contributed by atoms with van der Waals surface area (Å²) >= 11 is 0. The first-order valence-corrected chi connectivity index (χ1v) is 4.77. The molecule has 0 aromatic carbocycles. The van der Waals surface area contributed by atoms with Gasteiger partial charge in [-0.25, -0.2) is 4.98 Å². The van der Waals surface area contributed by atoms with Crippen LogP contribution in [0.2, 0.25) is 0 Å². The highest BCUT2D eigenvalue weighted by atomic mass is 15.1. The van der Waals surface area contributed by atoms with Crippen molar-refractivity contribution in [1.29, 1.82) is 0 Å². The van der Waals surface area contributed by atoms with E-state index in [0.29, 0.717) is 6.04 Å². The summed E-state index contributed by atoms with van der Waals surface area (Å²) in [6, 6.07) is 0.539. The Kier molecular flexibility index (Phi) is 5.43. The van der Waals surface area contributed by atoms with E-state index in [9.17, 15) is 0 Å². The summed E-state index contributed by atoms with van der Waals surface area (Å²) in [5, 5.41) is 0. The van der Waals surface area contributed by atoms with E-state index in [0.717, 1.165) is 6.42 Å². The quantitative estimate of drug-likeness (QED) is 0.663. The molecule has 1 aromatic heterocycles. The molecule has 0 fully saturated rings. The number of aryl methyl sites for hydroxylation is 1. The van der Waals surface area contributed by atoms with Crippen molar-refractivity contribution < 1.29 is 0 Å². The zero-order chi connectivity index (χ0) is 9.56. The molecule has 0 atom stereocenters. The summed E-state index contributed by atoms with van der Waals surface area (Å²) in [5.74, 6) is 1.18. The molecule has 0 radical (unpaired) electrons. The van der Waals surface area contributed by atoms with Gasteiger partial charge in [0, 0.05) is 24.9 Å². The minimum absolute atomic E-state index is 0.539. The topological polar surface area (TPSA) is 17.8 Å². The van der Waals surface area contributed by atoms with Crippen molar-refractivity contribution in [1.82, 2.24) is 9.55 Å². The fraction of sp³-hybridized carbons (Fsp3) is 0.700. The normalized spacial score (nSPS) is 9.50. The first-order valence-electron chi connectivity index (χ1n) is 4.77. The van der Waals surface area contributed by atoms with Gasteiger partial charge in [0.05, 0.1) is 0 Å². The van der Waals surface area contributed by atoms with Gasteiger partial charge in [-0.2, -0.15) is 0 Å². The smallest absolute Gasteiger partial charge is 0.108 e. The number of aromatic nitrogens is 2. The zero-order valence-corrected chi connectivity index (χ0v) is 8.83. The van der Waals surface area contributed by atoms with E-state index in [1.807, 2.05) is 26.2 Å². The number of rotatable bonds is 2. The Morgan fingerprint density at radius 3 is 2.33 bits per heavy atom. The van der Waals surface area contributed by atoms with Gasteiger partial charge in [0.25, 0.3) is 0 Å². The van der Waals surface area contributed by atoms with Crippen LogP contribution in [0.5, 0.6) is 0 Å². The number of hydrogen-bond acceptors (Lipinski definition) is 1. The SMILES string of the molecule is CC.CCc1nccn1C(C)C. The standard InChI is InChI=1S/C8H14N2.C2H6/c1-4-8-9-5-6-10(8)7(2)3;1-2/h5-7H,4H2,1-3H3;1-2H3. The fourth-order valence-electron chi connectivity index (χ4n) is 1.09. The minimum Gasteiger partial charge on any atom is -0.332 e. The molecule has 0 aliphatic rings. The Hall–Kier alpha value is -0.790. The Morgan fingerprint density at radius 2 is 2.00 bits per heavy atom. The third-order valence-corrected chi connectivity index (χ3v) is 1.62. The molecule has 1 rings (SSSR count). The van der Waals surface area contributed by atoms with Crippen LogP contribution in [0.1, 0.15) is 46.5 Å². The first kappa shape index (κ1) is 11.2. The molecule has 12 heavy (non-hydrogen) atoms. The maximum atomic E-state index is 4.22. The average molecular weight is 168 g/mol. The van der Waals surface area contributed by atoms with E-state index < -0.39 is 0 Å². The van der Waals surface area contributed by atoms with E-state index in [4.69, 9.17) is 0 Å². The molecule has 0 N–H and O–H groups in total. The highest BCUT2D eigenvalue weighted by molar-refractivity contribution is 4.93. The number of imidazole rings is 1. The Labute approximate surface area is 75.6 Å². The average Bonchev–Trinajstić information content (AvgIpc) is 2.55. The van der Waals surface area contributed by atoms with Crippen LogP contribution in [-0.4, -0.2) is 9.55 Å². The number of nitrogens with zero attached hydrogens (tertiary/aromatic N) is 2. The van der Waals surface area contributed by atoms with E-state index in [-0.39, 0.29) is 0 Å². The van der Waals surface area contributed by atoms with Gasteiger partial charge in [-0.3, -0.25) is 0 Å². The highest BCUT2D eigenvalue weighted by Crippen LogP contribution is 2.07. The second kappa shape index (κ2) is 5.81. The zero-order valence-electron chi connectivity index (χ0n) is 8.83. The highest BCUT2D eigenvalue weighted by Gasteiger charge is 2.01. The van der Waals surface area contributed by atoms with Crippen molar-refractivity contribution in [2.24, 2.45) is 0 Å². The van der Waals surface area contributed by atoms with Crippen LogP contribution in [0.4, 0.5) is 0 Å². The molecule has 1 heterocycles. The fourth-order valence-corrected chi connectivity index (χ4v) is 1.09. The van der Waals surface area contributed by atoms with Crippen molar-refractivity contribution in [3.8, 4) is 0 Å². The summed E-state index contributed by atoms with van der Waals surface area (Å²) in [4.78, 5) is 4.22. The molecule has 0 amide bonds. The van der Waals surface area contributed by atoms with Crippen LogP contribution in [0, 0.1) is 0 Å². The number of hydrogen-bond donors (Lipinski definition) is 0. The van der Waals surface area contributed by atoms with Crippen LogP contribution < -0.4 is 0 Å². The van der Waals surface area contributed by atoms with Crippen molar-refractivity contribution in [3.05, 3.63) is 18.2 Å². The summed E-state index contributed by atoms with van der Waals surface area (Å²) in [6.07, 6.45) is 4.91. The van der Waals surface area contributed by atoms with Gasteiger partial charge in [0.15, 0.2) is 0 Å². The maximum absolute atomic E-state index is 4.22. The lowest BCUT2D eigenvalue weighted by molar-refractivity contribution is 0.571. The first-order chi connectivity index (χ1) is 5.75. The molecular weight excluding hydrogens is 148 g/mol. The molecule has 70 valence electrons. The van der Waals surface area contributed by atoms with E-state index in [2.05, 4.69) is 30.3 Å². The molecule has 0 bridgehead atoms. The van der Waals surface area contributed by atoms with Crippen molar-refractivity contribution in [3.63, 3.8) is 0 Å². The summed E-state index contributed by atoms with van der Waals surface area (Å²) in [5.41, 5.74) is 0. The predicted octanol–water partition coefficient (Wildman–Crippen LogP) is 3.05. The lowest BCUT2D eigenvalue weighted by Gasteiger charge is -2.08. The van der Waals surface area contributed by atoms with Gasteiger partial charge in [-0.15, -0.1) is 0 Å². The molecule has 0 saturated heterocycles. The van der Waals surface area contributed by atoms with Crippen LogP contribution in [0.15, 0.2) is 12.4 Å². The van der Waals surface area contributed by atoms with Gasteiger partial charge in [0.2, 0.25) is 0 Å². The monoisotopic (exact) mass is 168 g/mol. The molecule has 2 heteroatoms. The Morgan fingerprint density at radius 1 is 1.42 bits per heavy atom. The van der Waals surface area contributed by atoms with Crippen molar-refractivity contribution in [2.45, 2.75) is 47.1 Å². The van der Waals surface area contributed by atoms with Gasteiger partial charge < -0.3 is 4.57 Å². The van der Waals surface area contributed by atoms with Gasteiger partial charge in [-0.1, -0.05) is 20.8 Å². The van der Waals surface area contributed by atoms with Crippen molar-refractivity contribution in [2.75, 3.05) is 0 Å². The summed E-state index contributed by atoms with van der Waals surface area (Å²) < 4.78 is 2.19. The van der Waals surface area contributed by atoms with Gasteiger partial charge >= 0.3 is 0 Å².